The maximum atomic E-state index is 13.2. The van der Waals surface area contributed by atoms with Gasteiger partial charge in [0, 0.05) is 26.5 Å². The third kappa shape index (κ3) is 12.6. The predicted octanol–water partition coefficient (Wildman–Crippen LogP) is 2.47. The van der Waals surface area contributed by atoms with Crippen LogP contribution in [0.1, 0.15) is 43.8 Å². The van der Waals surface area contributed by atoms with Gasteiger partial charge >= 0.3 is 5.97 Å². The third-order valence-electron chi connectivity index (χ3n) is 5.27. The molecule has 0 aliphatic carbocycles. The maximum absolute atomic E-state index is 13.2. The van der Waals surface area contributed by atoms with Crippen LogP contribution in [0.15, 0.2) is 55.6 Å². The maximum Gasteiger partial charge on any atom is 0.306 e. The minimum atomic E-state index is -0.770. The fraction of sp³-hybridized carbons (Fsp3) is 0.519. The van der Waals surface area contributed by atoms with Crippen LogP contribution in [0.25, 0.3) is 0 Å². The fourth-order valence-corrected chi connectivity index (χ4v) is 3.51. The number of unbranched alkanes of at least 4 members (excludes halogenated alkanes) is 1. The molecule has 3 atom stereocenters. The van der Waals surface area contributed by atoms with E-state index in [2.05, 4.69) is 23.8 Å². The number of nitrogens with one attached hydrogen (secondary N) is 2. The largest absolute Gasteiger partial charge is 0.455 e. The van der Waals surface area contributed by atoms with Crippen LogP contribution in [0.3, 0.4) is 0 Å². The number of hydrogen-bond acceptors (Lipinski definition) is 7. The van der Waals surface area contributed by atoms with Gasteiger partial charge in [0.25, 0.3) is 0 Å². The van der Waals surface area contributed by atoms with Crippen molar-refractivity contribution in [2.75, 3.05) is 40.1 Å². The molecule has 0 aliphatic heterocycles. The van der Waals surface area contributed by atoms with Crippen molar-refractivity contribution in [2.24, 2.45) is 5.92 Å². The lowest BCUT2D eigenvalue weighted by Gasteiger charge is -2.29. The predicted molar refractivity (Wildman–Crippen MR) is 137 cm³/mol. The lowest BCUT2D eigenvalue weighted by molar-refractivity contribution is -0.153. The van der Waals surface area contributed by atoms with E-state index in [1.807, 2.05) is 30.3 Å². The summed E-state index contributed by atoms with van der Waals surface area (Å²) in [6.45, 7) is 8.10. The molecule has 0 aliphatic rings. The minimum absolute atomic E-state index is 0.0467. The lowest BCUT2D eigenvalue weighted by atomic mass is 9.97. The first kappa shape index (κ1) is 31.0. The Kier molecular flexibility index (Phi) is 16.6. The fourth-order valence-electron chi connectivity index (χ4n) is 3.51. The Hall–Kier alpha value is -3.01. The van der Waals surface area contributed by atoms with Crippen molar-refractivity contribution < 1.29 is 33.7 Å². The summed E-state index contributed by atoms with van der Waals surface area (Å²) in [5.41, 5.74) is 0.720. The standard InChI is InChI=1S/C27H40N2O7/c1-4-6-8-14-25(32)36-26(21-12-9-7-10-13-21)23(20-34-3)29-27(33)22(11-5-2)19-24(31)28-15-17-35-18-16-30/h4-5,7,9-10,12-13,22-23,26,30H,1-2,6,8,11,14-20H2,3H3,(H,28,31)(H,29,33)/t22-,23-,26-/m0/s1. The topological polar surface area (TPSA) is 123 Å². The quantitative estimate of drug-likeness (QED) is 0.142. The van der Waals surface area contributed by atoms with Crippen LogP contribution >= 0.6 is 0 Å². The van der Waals surface area contributed by atoms with Gasteiger partial charge in [-0.15, -0.1) is 13.2 Å². The Morgan fingerprint density at radius 2 is 1.86 bits per heavy atom. The van der Waals surface area contributed by atoms with E-state index in [0.717, 1.165) is 5.56 Å². The molecule has 3 N–H and O–H groups in total. The molecule has 0 bridgehead atoms. The highest BCUT2D eigenvalue weighted by Crippen LogP contribution is 2.24. The van der Waals surface area contributed by atoms with Gasteiger partial charge in [-0.2, -0.15) is 0 Å². The number of esters is 1. The van der Waals surface area contributed by atoms with Crippen molar-refractivity contribution in [1.82, 2.24) is 10.6 Å². The zero-order chi connectivity index (χ0) is 26.6. The average molecular weight is 505 g/mol. The lowest BCUT2D eigenvalue weighted by Crippen LogP contribution is -2.47. The van der Waals surface area contributed by atoms with Crippen LogP contribution in [0.5, 0.6) is 0 Å². The number of hydrogen-bond donors (Lipinski definition) is 3. The SMILES string of the molecule is C=CCCCC(=O)O[C@@H](c1ccccc1)[C@H](COC)NC(=O)[C@@H](CC=C)CC(=O)NCCOCCO. The highest BCUT2D eigenvalue weighted by Gasteiger charge is 2.31. The molecule has 1 aromatic carbocycles. The number of aliphatic hydroxyl groups is 1. The smallest absolute Gasteiger partial charge is 0.306 e. The first-order valence-corrected chi connectivity index (χ1v) is 12.2. The van der Waals surface area contributed by atoms with Gasteiger partial charge < -0.3 is 30.0 Å². The second-order valence-corrected chi connectivity index (χ2v) is 8.18. The van der Waals surface area contributed by atoms with Gasteiger partial charge in [-0.1, -0.05) is 42.5 Å². The molecule has 2 amide bonds. The van der Waals surface area contributed by atoms with Crippen LogP contribution in [-0.4, -0.2) is 69.0 Å². The zero-order valence-electron chi connectivity index (χ0n) is 21.2. The molecule has 36 heavy (non-hydrogen) atoms. The molecule has 9 heteroatoms. The van der Waals surface area contributed by atoms with Gasteiger partial charge in [0.1, 0.15) is 6.10 Å². The van der Waals surface area contributed by atoms with Crippen LogP contribution in [0, 0.1) is 5.92 Å². The van der Waals surface area contributed by atoms with Crippen molar-refractivity contribution in [1.29, 1.82) is 0 Å². The average Bonchev–Trinajstić information content (AvgIpc) is 2.87. The first-order valence-electron chi connectivity index (χ1n) is 12.2. The van der Waals surface area contributed by atoms with E-state index < -0.39 is 18.1 Å². The van der Waals surface area contributed by atoms with E-state index >= 15 is 0 Å². The second-order valence-electron chi connectivity index (χ2n) is 8.18. The highest BCUT2D eigenvalue weighted by atomic mass is 16.5. The molecular formula is C27H40N2O7. The Labute approximate surface area is 213 Å². The van der Waals surface area contributed by atoms with E-state index in [4.69, 9.17) is 19.3 Å². The molecule has 0 saturated heterocycles. The molecule has 200 valence electrons. The molecule has 0 fully saturated rings. The Morgan fingerprint density at radius 3 is 2.50 bits per heavy atom. The molecule has 1 aromatic rings. The van der Waals surface area contributed by atoms with Crippen molar-refractivity contribution in [3.63, 3.8) is 0 Å². The summed E-state index contributed by atoms with van der Waals surface area (Å²) in [6, 6.07) is 8.48. The van der Waals surface area contributed by atoms with E-state index in [0.29, 0.717) is 12.8 Å². The highest BCUT2D eigenvalue weighted by molar-refractivity contribution is 5.86. The first-order chi connectivity index (χ1) is 17.5. The molecule has 0 aromatic heterocycles. The Balaban J connectivity index is 2.93. The van der Waals surface area contributed by atoms with Gasteiger partial charge in [0.2, 0.25) is 11.8 Å². The normalized spacial score (nSPS) is 13.2. The molecule has 1 rings (SSSR count). The molecule has 0 saturated carbocycles. The van der Waals surface area contributed by atoms with Crippen molar-refractivity contribution >= 4 is 17.8 Å². The van der Waals surface area contributed by atoms with E-state index in [-0.39, 0.29) is 70.0 Å². The number of methoxy groups -OCH3 is 1. The summed E-state index contributed by atoms with van der Waals surface area (Å²) < 4.78 is 16.3. The van der Waals surface area contributed by atoms with Crippen molar-refractivity contribution in [3.05, 3.63) is 61.2 Å². The molecular weight excluding hydrogens is 464 g/mol. The molecule has 0 heterocycles. The monoisotopic (exact) mass is 504 g/mol. The number of carbonyl (C=O) groups excluding carboxylic acids is 3. The number of rotatable bonds is 20. The van der Waals surface area contributed by atoms with Gasteiger partial charge in [0.05, 0.1) is 38.4 Å². The third-order valence-corrected chi connectivity index (χ3v) is 5.27. The number of carbonyl (C=O) groups is 3. The number of benzene rings is 1. The second kappa shape index (κ2) is 19.2. The number of ether oxygens (including phenoxy) is 3. The number of aliphatic hydroxyl groups excluding tert-OH is 1. The van der Waals surface area contributed by atoms with E-state index in [1.165, 1.54) is 7.11 Å². The van der Waals surface area contributed by atoms with Crippen LogP contribution < -0.4 is 10.6 Å². The van der Waals surface area contributed by atoms with Crippen LogP contribution in [-0.2, 0) is 28.6 Å². The zero-order valence-corrected chi connectivity index (χ0v) is 21.2. The molecule has 0 spiro atoms. The Morgan fingerprint density at radius 1 is 1.11 bits per heavy atom. The number of allylic oxidation sites excluding steroid dienone is 2. The summed E-state index contributed by atoms with van der Waals surface area (Å²) in [6.07, 6.45) is 4.34. The molecule has 9 nitrogen and oxygen atoms in total. The van der Waals surface area contributed by atoms with Crippen LogP contribution in [0.4, 0.5) is 0 Å². The van der Waals surface area contributed by atoms with Gasteiger partial charge in [-0.05, 0) is 24.8 Å². The summed E-state index contributed by atoms with van der Waals surface area (Å²) in [5, 5.41) is 14.4. The summed E-state index contributed by atoms with van der Waals surface area (Å²) in [5.74, 6) is -1.72. The van der Waals surface area contributed by atoms with Gasteiger partial charge in [0.15, 0.2) is 0 Å². The van der Waals surface area contributed by atoms with Crippen molar-refractivity contribution in [2.45, 2.75) is 44.2 Å². The summed E-state index contributed by atoms with van der Waals surface area (Å²) in [4.78, 5) is 38.1. The summed E-state index contributed by atoms with van der Waals surface area (Å²) >= 11 is 0. The van der Waals surface area contributed by atoms with E-state index in [9.17, 15) is 14.4 Å². The van der Waals surface area contributed by atoms with Crippen LogP contribution in [0.2, 0.25) is 0 Å². The Bertz CT molecular complexity index is 801. The van der Waals surface area contributed by atoms with E-state index in [1.54, 1.807) is 12.2 Å². The number of amides is 2. The molecule has 0 unspecified atom stereocenters. The minimum Gasteiger partial charge on any atom is -0.455 e. The summed E-state index contributed by atoms with van der Waals surface area (Å²) in [7, 11) is 1.50. The molecule has 0 radical (unpaired) electrons. The van der Waals surface area contributed by atoms with Crippen molar-refractivity contribution in [3.8, 4) is 0 Å². The van der Waals surface area contributed by atoms with Gasteiger partial charge in [-0.25, -0.2) is 0 Å². The van der Waals surface area contributed by atoms with Gasteiger partial charge in [-0.3, -0.25) is 14.4 Å².